The minimum Gasteiger partial charge on any atom is -0.267 e. The lowest BCUT2D eigenvalue weighted by atomic mass is 10.2. The molecule has 0 fully saturated rings. The molecule has 6 heteroatoms. The number of pyridine rings is 1. The van der Waals surface area contributed by atoms with E-state index in [1.165, 1.54) is 29.7 Å². The van der Waals surface area contributed by atoms with Gasteiger partial charge < -0.3 is 0 Å². The Morgan fingerprint density at radius 2 is 2.05 bits per heavy atom. The summed E-state index contributed by atoms with van der Waals surface area (Å²) in [6.45, 7) is 1.94. The molecule has 3 aromatic rings. The molecule has 3 rings (SSSR count). The van der Waals surface area contributed by atoms with Gasteiger partial charge in [-0.2, -0.15) is 9.98 Å². The number of halogens is 1. The Balaban J connectivity index is 2.09. The average molecular weight is 287 g/mol. The molecule has 0 N–H and O–H groups in total. The van der Waals surface area contributed by atoms with Gasteiger partial charge in [-0.1, -0.05) is 18.2 Å². The Morgan fingerprint density at radius 1 is 1.25 bits per heavy atom. The van der Waals surface area contributed by atoms with E-state index in [1.807, 2.05) is 28.9 Å². The van der Waals surface area contributed by atoms with Crippen molar-refractivity contribution < 1.29 is 9.18 Å². The topological polar surface area (TPSA) is 46.7 Å². The van der Waals surface area contributed by atoms with Crippen LogP contribution in [0.5, 0.6) is 0 Å². The van der Waals surface area contributed by atoms with E-state index in [9.17, 15) is 9.18 Å². The van der Waals surface area contributed by atoms with Crippen LogP contribution in [0, 0.1) is 12.7 Å². The lowest BCUT2D eigenvalue weighted by Crippen LogP contribution is -2.06. The molecule has 0 unspecified atom stereocenters. The number of amides is 1. The molecule has 0 saturated carbocycles. The van der Waals surface area contributed by atoms with Crippen molar-refractivity contribution in [2.24, 2.45) is 4.99 Å². The number of carbonyl (C=O) groups excluding carboxylic acids is 1. The third-order valence-corrected chi connectivity index (χ3v) is 3.80. The van der Waals surface area contributed by atoms with Crippen LogP contribution in [0.15, 0.2) is 47.5 Å². The number of hydrogen-bond acceptors (Lipinski definition) is 3. The van der Waals surface area contributed by atoms with Crippen LogP contribution in [-0.2, 0) is 0 Å². The van der Waals surface area contributed by atoms with Gasteiger partial charge in [0.1, 0.15) is 11.5 Å². The maximum absolute atomic E-state index is 13.5. The fourth-order valence-corrected chi connectivity index (χ4v) is 2.64. The highest BCUT2D eigenvalue weighted by Crippen LogP contribution is 2.08. The molecule has 0 aliphatic carbocycles. The van der Waals surface area contributed by atoms with Crippen LogP contribution in [0.25, 0.3) is 5.65 Å². The van der Waals surface area contributed by atoms with Crippen molar-refractivity contribution in [1.82, 2.24) is 8.77 Å². The zero-order chi connectivity index (χ0) is 14.1. The van der Waals surface area contributed by atoms with Crippen molar-refractivity contribution in [2.75, 3.05) is 0 Å². The molecule has 1 aromatic carbocycles. The molecule has 0 atom stereocenters. The third kappa shape index (κ3) is 2.25. The Labute approximate surface area is 118 Å². The van der Waals surface area contributed by atoms with Crippen molar-refractivity contribution in [2.45, 2.75) is 6.92 Å². The van der Waals surface area contributed by atoms with E-state index < -0.39 is 11.7 Å². The quantitative estimate of drug-likeness (QED) is 0.690. The van der Waals surface area contributed by atoms with Gasteiger partial charge in [0.2, 0.25) is 4.80 Å². The summed E-state index contributed by atoms with van der Waals surface area (Å²) in [5.41, 5.74) is 1.67. The number of fused-ring (bicyclic) bond motifs is 1. The maximum atomic E-state index is 13.5. The van der Waals surface area contributed by atoms with Gasteiger partial charge in [0, 0.05) is 5.69 Å². The number of aromatic nitrogens is 2. The zero-order valence-corrected chi connectivity index (χ0v) is 11.4. The number of hydrogen-bond donors (Lipinski definition) is 0. The lowest BCUT2D eigenvalue weighted by Gasteiger charge is -1.95. The number of benzene rings is 1. The van der Waals surface area contributed by atoms with E-state index in [1.54, 1.807) is 6.07 Å². The van der Waals surface area contributed by atoms with E-state index in [-0.39, 0.29) is 5.56 Å². The van der Waals surface area contributed by atoms with Crippen LogP contribution >= 0.6 is 11.5 Å². The molecule has 0 radical (unpaired) electrons. The Kier molecular flexibility index (Phi) is 3.15. The summed E-state index contributed by atoms with van der Waals surface area (Å²) in [4.78, 5) is 20.4. The van der Waals surface area contributed by atoms with E-state index in [4.69, 9.17) is 0 Å². The molecule has 4 nitrogen and oxygen atoms in total. The van der Waals surface area contributed by atoms with Crippen LogP contribution < -0.4 is 4.80 Å². The summed E-state index contributed by atoms with van der Waals surface area (Å²) in [6.07, 6.45) is 0. The molecule has 100 valence electrons. The van der Waals surface area contributed by atoms with Gasteiger partial charge in [0.05, 0.1) is 5.56 Å². The molecule has 0 bridgehead atoms. The highest BCUT2D eigenvalue weighted by Gasteiger charge is 2.10. The molecule has 2 heterocycles. The summed E-state index contributed by atoms with van der Waals surface area (Å²) < 4.78 is 15.4. The summed E-state index contributed by atoms with van der Waals surface area (Å²) in [5.74, 6) is -1.20. The Morgan fingerprint density at radius 3 is 2.80 bits per heavy atom. The highest BCUT2D eigenvalue weighted by molar-refractivity contribution is 7.03. The van der Waals surface area contributed by atoms with E-state index in [2.05, 4.69) is 9.98 Å². The number of aryl methyl sites for hydroxylation is 1. The minimum absolute atomic E-state index is 0.0477. The normalized spacial score (nSPS) is 12.0. The standard InChI is InChI=1S/C14H10FN3OS/c1-9-5-4-8-12-16-14(20-18(9)12)17-13(19)10-6-2-3-7-11(10)15/h2-8H,1H3. The first-order chi connectivity index (χ1) is 9.65. The fourth-order valence-electron chi connectivity index (χ4n) is 1.82. The van der Waals surface area contributed by atoms with Gasteiger partial charge in [-0.15, -0.1) is 0 Å². The second kappa shape index (κ2) is 4.97. The molecule has 0 aliphatic rings. The first-order valence-corrected chi connectivity index (χ1v) is 6.72. The number of rotatable bonds is 1. The number of nitrogens with zero attached hydrogens (tertiary/aromatic N) is 3. The smallest absolute Gasteiger partial charge is 0.267 e. The Bertz CT molecular complexity index is 866. The molecule has 2 aromatic heterocycles. The predicted molar refractivity (Wildman–Crippen MR) is 74.1 cm³/mol. The van der Waals surface area contributed by atoms with Gasteiger partial charge >= 0.3 is 0 Å². The number of carbonyl (C=O) groups is 1. The first-order valence-electron chi connectivity index (χ1n) is 5.94. The maximum Gasteiger partial charge on any atom is 0.282 e. The summed E-state index contributed by atoms with van der Waals surface area (Å²) >= 11 is 1.25. The molecule has 0 spiro atoms. The van der Waals surface area contributed by atoms with Gasteiger partial charge in [0.25, 0.3) is 5.91 Å². The van der Waals surface area contributed by atoms with Gasteiger partial charge in [-0.25, -0.2) is 4.39 Å². The molecule has 0 aliphatic heterocycles. The molecular weight excluding hydrogens is 277 g/mol. The lowest BCUT2D eigenvalue weighted by molar-refractivity contribution is 0.0994. The predicted octanol–water partition coefficient (Wildman–Crippen LogP) is 2.58. The molecule has 0 saturated heterocycles. The zero-order valence-electron chi connectivity index (χ0n) is 10.6. The monoisotopic (exact) mass is 287 g/mol. The van der Waals surface area contributed by atoms with Gasteiger partial charge in [-0.3, -0.25) is 8.58 Å². The van der Waals surface area contributed by atoms with E-state index in [0.29, 0.717) is 4.80 Å². The van der Waals surface area contributed by atoms with E-state index >= 15 is 0 Å². The molecule has 1 amide bonds. The average Bonchev–Trinajstić information content (AvgIpc) is 2.83. The van der Waals surface area contributed by atoms with Crippen molar-refractivity contribution >= 4 is 23.1 Å². The van der Waals surface area contributed by atoms with Crippen LogP contribution in [0.1, 0.15) is 16.1 Å². The second-order valence-corrected chi connectivity index (χ2v) is 5.12. The van der Waals surface area contributed by atoms with Crippen LogP contribution in [0.2, 0.25) is 0 Å². The summed E-state index contributed by atoms with van der Waals surface area (Å²) in [6, 6.07) is 11.4. The van der Waals surface area contributed by atoms with Crippen molar-refractivity contribution in [3.8, 4) is 0 Å². The molecular formula is C14H10FN3OS. The van der Waals surface area contributed by atoms with Crippen molar-refractivity contribution in [1.29, 1.82) is 0 Å². The first kappa shape index (κ1) is 12.7. The van der Waals surface area contributed by atoms with Crippen molar-refractivity contribution in [3.05, 3.63) is 64.3 Å². The summed E-state index contributed by atoms with van der Waals surface area (Å²) in [7, 11) is 0. The van der Waals surface area contributed by atoms with Gasteiger partial charge in [0.15, 0.2) is 0 Å². The molecule has 20 heavy (non-hydrogen) atoms. The van der Waals surface area contributed by atoms with Crippen LogP contribution in [0.4, 0.5) is 4.39 Å². The minimum atomic E-state index is -0.625. The largest absolute Gasteiger partial charge is 0.282 e. The van der Waals surface area contributed by atoms with Gasteiger partial charge in [-0.05, 0) is 42.7 Å². The third-order valence-electron chi connectivity index (χ3n) is 2.80. The van der Waals surface area contributed by atoms with Crippen molar-refractivity contribution in [3.63, 3.8) is 0 Å². The second-order valence-electron chi connectivity index (χ2n) is 4.20. The fraction of sp³-hybridized carbons (Fsp3) is 0.0714. The summed E-state index contributed by atoms with van der Waals surface area (Å²) in [5, 5.41) is 0. The van der Waals surface area contributed by atoms with Crippen LogP contribution in [0.3, 0.4) is 0 Å². The van der Waals surface area contributed by atoms with E-state index in [0.717, 1.165) is 11.3 Å². The highest BCUT2D eigenvalue weighted by atomic mass is 32.1. The van der Waals surface area contributed by atoms with Crippen LogP contribution in [-0.4, -0.2) is 14.7 Å². The Hall–Kier alpha value is -2.34. The SMILES string of the molecule is Cc1cccc2nc(=NC(=O)c3ccccc3F)sn12.